The molecule has 0 N–H and O–H groups in total. The number of nitrogens with zero attached hydrogens (tertiary/aromatic N) is 4. The molecule has 9 heteroatoms. The van der Waals surface area contributed by atoms with Gasteiger partial charge in [0.1, 0.15) is 5.10 Å². The second kappa shape index (κ2) is 6.77. The van der Waals surface area contributed by atoms with Crippen molar-refractivity contribution < 1.29 is 14.3 Å². The van der Waals surface area contributed by atoms with Gasteiger partial charge >= 0.3 is 0 Å². The number of ether oxygens (including phenoxy) is 1. The van der Waals surface area contributed by atoms with Crippen LogP contribution in [-0.2, 0) is 9.30 Å². The first-order valence-corrected chi connectivity index (χ1v) is 10.2. The summed E-state index contributed by atoms with van der Waals surface area (Å²) >= 11 is 0. The van der Waals surface area contributed by atoms with Crippen LogP contribution in [0.4, 0.5) is 0 Å². The van der Waals surface area contributed by atoms with Gasteiger partial charge in [0.25, 0.3) is 5.96 Å². The summed E-state index contributed by atoms with van der Waals surface area (Å²) < 4.78 is 20.4. The summed E-state index contributed by atoms with van der Waals surface area (Å²) in [6.45, 7) is 10.3. The molecule has 1 unspecified atom stereocenters. The van der Waals surface area contributed by atoms with Crippen molar-refractivity contribution in [2.45, 2.75) is 39.7 Å². The van der Waals surface area contributed by atoms with Gasteiger partial charge in [-0.3, -0.25) is 4.67 Å². The van der Waals surface area contributed by atoms with Crippen molar-refractivity contribution in [3.05, 3.63) is 10.1 Å². The van der Waals surface area contributed by atoms with E-state index < -0.39 is 12.3 Å². The predicted octanol–water partition coefficient (Wildman–Crippen LogP) is 2.28. The average molecular weight is 346 g/mol. The Labute approximate surface area is 137 Å². The Hall–Kier alpha value is -1.14. The molecule has 0 spiro atoms. The summed E-state index contributed by atoms with van der Waals surface area (Å²) in [4.78, 5) is 12.8. The van der Waals surface area contributed by atoms with Gasteiger partial charge in [-0.15, -0.1) is 0 Å². The molecule has 0 radical (unpaired) electrons. The average Bonchev–Trinajstić information content (AvgIpc) is 3.02. The largest absolute Gasteiger partial charge is 0.375 e. The van der Waals surface area contributed by atoms with E-state index in [0.717, 1.165) is 6.42 Å². The fraction of sp³-hybridized carbons (Fsp3) is 0.929. The first-order chi connectivity index (χ1) is 10.7. The van der Waals surface area contributed by atoms with E-state index in [2.05, 4.69) is 18.9 Å². The van der Waals surface area contributed by atoms with Crippen molar-refractivity contribution in [3.8, 4) is 0 Å². The normalized spacial score (nSPS) is 26.3. The zero-order valence-corrected chi connectivity index (χ0v) is 15.3. The molecular weight excluding hydrogens is 319 g/mol. The standard InChI is InChI=1S/C14H27N4O4P/c1-5-23(21,6-2)17-8-7-16(13(17)15-18(19)20)10-12-9-14(3,4)22-11-12/h12H,5-11H2,1-4H3. The minimum Gasteiger partial charge on any atom is -0.375 e. The van der Waals surface area contributed by atoms with Crippen molar-refractivity contribution >= 4 is 13.3 Å². The van der Waals surface area contributed by atoms with Crippen molar-refractivity contribution in [1.82, 2.24) is 9.57 Å². The van der Waals surface area contributed by atoms with Crippen LogP contribution >= 0.6 is 7.29 Å². The third-order valence-corrected chi connectivity index (χ3v) is 7.90. The molecule has 2 rings (SSSR count). The molecule has 0 aliphatic carbocycles. The molecule has 8 nitrogen and oxygen atoms in total. The highest BCUT2D eigenvalue weighted by atomic mass is 31.2. The van der Waals surface area contributed by atoms with Crippen LogP contribution in [0.1, 0.15) is 34.1 Å². The minimum atomic E-state index is -2.62. The molecule has 2 heterocycles. The van der Waals surface area contributed by atoms with Gasteiger partial charge in [-0.1, -0.05) is 13.8 Å². The topological polar surface area (TPSA) is 88.3 Å². The minimum absolute atomic E-state index is 0.146. The summed E-state index contributed by atoms with van der Waals surface area (Å²) in [5.74, 6) is 0.566. The quantitative estimate of drug-likeness (QED) is 0.416. The van der Waals surface area contributed by atoms with E-state index >= 15 is 0 Å². The van der Waals surface area contributed by atoms with Crippen molar-refractivity contribution in [2.75, 3.05) is 38.6 Å². The molecule has 2 aliphatic heterocycles. The molecule has 23 heavy (non-hydrogen) atoms. The second-order valence-electron chi connectivity index (χ2n) is 6.83. The zero-order chi connectivity index (χ0) is 17.3. The Morgan fingerprint density at radius 2 is 2.04 bits per heavy atom. The number of guanidine groups is 1. The van der Waals surface area contributed by atoms with Crippen LogP contribution in [0.5, 0.6) is 0 Å². The Morgan fingerprint density at radius 3 is 2.52 bits per heavy atom. The molecule has 132 valence electrons. The maximum atomic E-state index is 13.0. The highest BCUT2D eigenvalue weighted by Gasteiger charge is 2.41. The molecule has 0 aromatic carbocycles. The summed E-state index contributed by atoms with van der Waals surface area (Å²) in [5.41, 5.74) is -0.146. The maximum Gasteiger partial charge on any atom is 0.279 e. The first kappa shape index (κ1) is 18.2. The molecule has 2 saturated heterocycles. The third kappa shape index (κ3) is 4.04. The van der Waals surface area contributed by atoms with Gasteiger partial charge in [-0.05, 0) is 20.3 Å². The Kier molecular flexibility index (Phi) is 5.36. The molecule has 0 saturated carbocycles. The zero-order valence-electron chi connectivity index (χ0n) is 14.4. The van der Waals surface area contributed by atoms with Crippen molar-refractivity contribution in [3.63, 3.8) is 0 Å². The molecule has 2 fully saturated rings. The summed E-state index contributed by atoms with van der Waals surface area (Å²) in [6, 6.07) is 0. The van der Waals surface area contributed by atoms with Gasteiger partial charge in [0.15, 0.2) is 12.3 Å². The van der Waals surface area contributed by atoms with Crippen LogP contribution in [-0.4, -0.2) is 64.7 Å². The van der Waals surface area contributed by atoms with Gasteiger partial charge in [0.05, 0.1) is 12.2 Å². The molecule has 0 amide bonds. The number of hydrogen-bond acceptors (Lipinski definition) is 4. The van der Waals surface area contributed by atoms with E-state index in [-0.39, 0.29) is 11.6 Å². The van der Waals surface area contributed by atoms with E-state index in [0.29, 0.717) is 44.5 Å². The first-order valence-electron chi connectivity index (χ1n) is 8.18. The number of hydrogen-bond donors (Lipinski definition) is 0. The highest BCUT2D eigenvalue weighted by Crippen LogP contribution is 2.50. The van der Waals surface area contributed by atoms with Gasteiger partial charge in [0, 0.05) is 37.9 Å². The summed E-state index contributed by atoms with van der Waals surface area (Å²) in [7, 11) is -2.62. The lowest BCUT2D eigenvalue weighted by atomic mass is 9.97. The number of nitro groups is 1. The van der Waals surface area contributed by atoms with Crippen LogP contribution in [0.15, 0.2) is 5.10 Å². The fourth-order valence-corrected chi connectivity index (χ4v) is 5.51. The van der Waals surface area contributed by atoms with E-state index in [1.807, 2.05) is 18.7 Å². The third-order valence-electron chi connectivity index (χ3n) is 4.66. The summed E-state index contributed by atoms with van der Waals surface area (Å²) in [5, 5.41) is 13.8. The van der Waals surface area contributed by atoms with Crippen molar-refractivity contribution in [2.24, 2.45) is 11.0 Å². The Bertz CT molecular complexity index is 529. The molecule has 0 aromatic heterocycles. The Balaban J connectivity index is 2.18. The van der Waals surface area contributed by atoms with E-state index in [1.165, 1.54) is 0 Å². The predicted molar refractivity (Wildman–Crippen MR) is 89.5 cm³/mol. The van der Waals surface area contributed by atoms with Gasteiger partial charge in [-0.2, -0.15) is 0 Å². The van der Waals surface area contributed by atoms with E-state index in [1.54, 1.807) is 4.67 Å². The van der Waals surface area contributed by atoms with Crippen LogP contribution in [0, 0.1) is 16.0 Å². The Morgan fingerprint density at radius 1 is 1.39 bits per heavy atom. The van der Waals surface area contributed by atoms with Crippen LogP contribution in [0.3, 0.4) is 0 Å². The highest BCUT2D eigenvalue weighted by molar-refractivity contribution is 7.62. The fourth-order valence-electron chi connectivity index (χ4n) is 3.44. The van der Waals surface area contributed by atoms with E-state index in [4.69, 9.17) is 4.74 Å². The van der Waals surface area contributed by atoms with Gasteiger partial charge < -0.3 is 14.2 Å². The van der Waals surface area contributed by atoms with Crippen LogP contribution < -0.4 is 0 Å². The van der Waals surface area contributed by atoms with E-state index in [9.17, 15) is 14.7 Å². The molecular formula is C14H27N4O4P. The second-order valence-corrected chi connectivity index (χ2v) is 10.3. The van der Waals surface area contributed by atoms with Gasteiger partial charge in [-0.25, -0.2) is 10.1 Å². The SMILES string of the molecule is CCP(=O)(CC)N1CCN(CC2COC(C)(C)C2)C1=N[N+](=O)[O-]. The monoisotopic (exact) mass is 346 g/mol. The smallest absolute Gasteiger partial charge is 0.279 e. The summed E-state index contributed by atoms with van der Waals surface area (Å²) in [6.07, 6.45) is 1.90. The molecule has 0 aromatic rings. The lowest BCUT2D eigenvalue weighted by molar-refractivity contribution is -0.486. The maximum absolute atomic E-state index is 13.0. The molecule has 1 atom stereocenters. The van der Waals surface area contributed by atoms with Crippen molar-refractivity contribution in [1.29, 1.82) is 0 Å². The van der Waals surface area contributed by atoms with Crippen LogP contribution in [0.2, 0.25) is 0 Å². The van der Waals surface area contributed by atoms with Gasteiger partial charge in [0.2, 0.25) is 0 Å². The molecule has 2 aliphatic rings. The van der Waals surface area contributed by atoms with Crippen LogP contribution in [0.25, 0.3) is 0 Å². The number of hydrazone groups is 1. The lowest BCUT2D eigenvalue weighted by Crippen LogP contribution is -2.37. The molecule has 0 bridgehead atoms. The lowest BCUT2D eigenvalue weighted by Gasteiger charge is -2.28. The number of rotatable bonds is 6.